The molecule has 2 rings (SSSR count). The molecule has 2 aromatic rings. The first-order valence-electron chi connectivity index (χ1n) is 4.38. The van der Waals surface area contributed by atoms with Crippen molar-refractivity contribution < 1.29 is 9.90 Å². The minimum atomic E-state index is -0.839. The topological polar surface area (TPSA) is 50.2 Å². The minimum absolute atomic E-state index is 0.000851. The SMILES string of the molecule is Cc1ccc(-c2nc(CC(=O)O)cs2)s1. The molecule has 5 heteroatoms. The standard InChI is InChI=1S/C10H9NO2S2/c1-6-2-3-8(15-6)10-11-7(5-14-10)4-9(12)13/h2-3,5H,4H2,1H3,(H,12,13). The average molecular weight is 239 g/mol. The maximum Gasteiger partial charge on any atom is 0.309 e. The quantitative estimate of drug-likeness (QED) is 0.896. The van der Waals surface area contributed by atoms with E-state index in [0.717, 1.165) is 9.88 Å². The molecule has 0 unspecified atom stereocenters. The summed E-state index contributed by atoms with van der Waals surface area (Å²) in [5.74, 6) is -0.839. The summed E-state index contributed by atoms with van der Waals surface area (Å²) in [4.78, 5) is 17.1. The highest BCUT2D eigenvalue weighted by molar-refractivity contribution is 7.21. The maximum atomic E-state index is 10.5. The zero-order chi connectivity index (χ0) is 10.8. The van der Waals surface area contributed by atoms with Gasteiger partial charge in [-0.25, -0.2) is 4.98 Å². The van der Waals surface area contributed by atoms with E-state index in [0.29, 0.717) is 5.69 Å². The number of aryl methyl sites for hydroxylation is 1. The molecule has 0 aliphatic carbocycles. The second-order valence-electron chi connectivity index (χ2n) is 3.12. The third-order valence-corrected chi connectivity index (χ3v) is 3.90. The number of hydrogen-bond donors (Lipinski definition) is 1. The zero-order valence-corrected chi connectivity index (χ0v) is 9.69. The Morgan fingerprint density at radius 2 is 2.33 bits per heavy atom. The number of carboxylic acids is 1. The van der Waals surface area contributed by atoms with Crippen LogP contribution < -0.4 is 0 Å². The summed E-state index contributed by atoms with van der Waals surface area (Å²) in [5, 5.41) is 11.3. The van der Waals surface area contributed by atoms with Crippen LogP contribution in [-0.4, -0.2) is 16.1 Å². The van der Waals surface area contributed by atoms with Crippen LogP contribution in [0.25, 0.3) is 9.88 Å². The molecule has 0 aromatic carbocycles. The number of nitrogens with zero attached hydrogens (tertiary/aromatic N) is 1. The molecule has 0 aliphatic heterocycles. The van der Waals surface area contributed by atoms with Gasteiger partial charge in [-0.3, -0.25) is 4.79 Å². The lowest BCUT2D eigenvalue weighted by Crippen LogP contribution is -1.99. The van der Waals surface area contributed by atoms with E-state index < -0.39 is 5.97 Å². The zero-order valence-electron chi connectivity index (χ0n) is 8.06. The van der Waals surface area contributed by atoms with Gasteiger partial charge in [0, 0.05) is 10.3 Å². The summed E-state index contributed by atoms with van der Waals surface area (Å²) in [6.07, 6.45) is 0.000851. The van der Waals surface area contributed by atoms with Crippen LogP contribution in [0.1, 0.15) is 10.6 Å². The van der Waals surface area contributed by atoms with Crippen LogP contribution in [0.5, 0.6) is 0 Å². The fraction of sp³-hybridized carbons (Fsp3) is 0.200. The monoisotopic (exact) mass is 239 g/mol. The van der Waals surface area contributed by atoms with Crippen molar-refractivity contribution in [2.75, 3.05) is 0 Å². The number of thiazole rings is 1. The molecule has 0 bridgehead atoms. The maximum absolute atomic E-state index is 10.5. The smallest absolute Gasteiger partial charge is 0.309 e. The highest BCUT2D eigenvalue weighted by Gasteiger charge is 2.08. The van der Waals surface area contributed by atoms with E-state index in [9.17, 15) is 4.79 Å². The van der Waals surface area contributed by atoms with Crippen molar-refractivity contribution in [2.45, 2.75) is 13.3 Å². The normalized spacial score (nSPS) is 10.5. The largest absolute Gasteiger partial charge is 0.481 e. The molecular weight excluding hydrogens is 230 g/mol. The molecule has 78 valence electrons. The van der Waals surface area contributed by atoms with Gasteiger partial charge >= 0.3 is 5.97 Å². The molecule has 0 aliphatic rings. The Labute approximate surface area is 95.0 Å². The Morgan fingerprint density at radius 3 is 2.93 bits per heavy atom. The molecule has 15 heavy (non-hydrogen) atoms. The number of thiophene rings is 1. The van der Waals surface area contributed by atoms with Crippen molar-refractivity contribution in [3.63, 3.8) is 0 Å². The molecule has 0 saturated heterocycles. The minimum Gasteiger partial charge on any atom is -0.481 e. The number of rotatable bonds is 3. The van der Waals surface area contributed by atoms with Crippen LogP contribution in [0.15, 0.2) is 17.5 Å². The first-order chi connectivity index (χ1) is 7.15. The van der Waals surface area contributed by atoms with Gasteiger partial charge in [0.05, 0.1) is 17.0 Å². The molecule has 0 spiro atoms. The van der Waals surface area contributed by atoms with E-state index in [1.54, 1.807) is 16.7 Å². The Morgan fingerprint density at radius 1 is 1.53 bits per heavy atom. The molecule has 0 fully saturated rings. The van der Waals surface area contributed by atoms with Gasteiger partial charge < -0.3 is 5.11 Å². The predicted octanol–water partition coefficient (Wildman–Crippen LogP) is 2.81. The van der Waals surface area contributed by atoms with Gasteiger partial charge in [0.1, 0.15) is 5.01 Å². The molecule has 1 N–H and O–H groups in total. The van der Waals surface area contributed by atoms with Gasteiger partial charge in [-0.05, 0) is 19.1 Å². The van der Waals surface area contributed by atoms with Crippen LogP contribution in [-0.2, 0) is 11.2 Å². The molecule has 0 atom stereocenters. The van der Waals surface area contributed by atoms with E-state index in [4.69, 9.17) is 5.11 Å². The van der Waals surface area contributed by atoms with Gasteiger partial charge in [-0.15, -0.1) is 22.7 Å². The average Bonchev–Trinajstić information content (AvgIpc) is 2.72. The summed E-state index contributed by atoms with van der Waals surface area (Å²) in [6.45, 7) is 2.04. The molecule has 2 aromatic heterocycles. The first kappa shape index (κ1) is 10.3. The van der Waals surface area contributed by atoms with Crippen LogP contribution in [0, 0.1) is 6.92 Å². The Bertz CT molecular complexity index is 487. The van der Waals surface area contributed by atoms with Crippen molar-refractivity contribution in [2.24, 2.45) is 0 Å². The van der Waals surface area contributed by atoms with Gasteiger partial charge in [0.15, 0.2) is 0 Å². The lowest BCUT2D eigenvalue weighted by molar-refractivity contribution is -0.136. The summed E-state index contributed by atoms with van der Waals surface area (Å²) < 4.78 is 0. The van der Waals surface area contributed by atoms with Crippen molar-refractivity contribution in [1.29, 1.82) is 0 Å². The van der Waals surface area contributed by atoms with Crippen molar-refractivity contribution in [3.05, 3.63) is 28.1 Å². The number of aliphatic carboxylic acids is 1. The molecule has 0 saturated carbocycles. The third kappa shape index (κ3) is 2.43. The van der Waals surface area contributed by atoms with E-state index in [-0.39, 0.29) is 6.42 Å². The van der Waals surface area contributed by atoms with Crippen LogP contribution >= 0.6 is 22.7 Å². The van der Waals surface area contributed by atoms with Crippen molar-refractivity contribution in [1.82, 2.24) is 4.98 Å². The fourth-order valence-electron chi connectivity index (χ4n) is 1.21. The summed E-state index contributed by atoms with van der Waals surface area (Å²) in [7, 11) is 0. The first-order valence-corrected chi connectivity index (χ1v) is 6.08. The Kier molecular flexibility index (Phi) is 2.83. The second-order valence-corrected chi connectivity index (χ2v) is 5.27. The number of carboxylic acid groups (broad SMARTS) is 1. The number of aromatic nitrogens is 1. The van der Waals surface area contributed by atoms with E-state index in [1.165, 1.54) is 16.2 Å². The van der Waals surface area contributed by atoms with E-state index in [2.05, 4.69) is 4.98 Å². The second kappa shape index (κ2) is 4.12. The molecule has 0 radical (unpaired) electrons. The Balaban J connectivity index is 2.23. The Hall–Kier alpha value is -1.20. The molecule has 0 amide bonds. The van der Waals surface area contributed by atoms with Gasteiger partial charge in [-0.1, -0.05) is 0 Å². The summed E-state index contributed by atoms with van der Waals surface area (Å²) >= 11 is 3.17. The van der Waals surface area contributed by atoms with Gasteiger partial charge in [0.25, 0.3) is 0 Å². The fourth-order valence-corrected chi connectivity index (χ4v) is 2.96. The van der Waals surface area contributed by atoms with E-state index >= 15 is 0 Å². The van der Waals surface area contributed by atoms with Gasteiger partial charge in [0.2, 0.25) is 0 Å². The molecular formula is C10H9NO2S2. The molecule has 2 heterocycles. The van der Waals surface area contributed by atoms with Gasteiger partial charge in [-0.2, -0.15) is 0 Å². The van der Waals surface area contributed by atoms with Crippen LogP contribution in [0.2, 0.25) is 0 Å². The highest BCUT2D eigenvalue weighted by Crippen LogP contribution is 2.30. The van der Waals surface area contributed by atoms with Crippen LogP contribution in [0.4, 0.5) is 0 Å². The lowest BCUT2D eigenvalue weighted by atomic mass is 10.3. The third-order valence-electron chi connectivity index (χ3n) is 1.84. The van der Waals surface area contributed by atoms with Crippen molar-refractivity contribution in [3.8, 4) is 9.88 Å². The highest BCUT2D eigenvalue weighted by atomic mass is 32.1. The summed E-state index contributed by atoms with van der Waals surface area (Å²) in [6, 6.07) is 4.06. The predicted molar refractivity (Wildman–Crippen MR) is 61.5 cm³/mol. The van der Waals surface area contributed by atoms with E-state index in [1.807, 2.05) is 19.1 Å². The molecule has 3 nitrogen and oxygen atoms in total. The lowest BCUT2D eigenvalue weighted by Gasteiger charge is -1.88. The number of hydrogen-bond acceptors (Lipinski definition) is 4. The van der Waals surface area contributed by atoms with Crippen molar-refractivity contribution >= 4 is 28.6 Å². The van der Waals surface area contributed by atoms with Crippen LogP contribution in [0.3, 0.4) is 0 Å². The summed E-state index contributed by atoms with van der Waals surface area (Å²) in [5.41, 5.74) is 0.633. The number of carbonyl (C=O) groups is 1.